The molecule has 1 N–H and O–H groups in total. The number of nitrogens with one attached hydrogen (secondary N) is 1. The molecule has 0 fully saturated rings. The maximum absolute atomic E-state index is 12.0. The van der Waals surface area contributed by atoms with Gasteiger partial charge >= 0.3 is 12.1 Å². The summed E-state index contributed by atoms with van der Waals surface area (Å²) >= 11 is 0. The molecule has 0 unspecified atom stereocenters. The van der Waals surface area contributed by atoms with Gasteiger partial charge in [-0.25, -0.2) is 4.79 Å². The van der Waals surface area contributed by atoms with Crippen molar-refractivity contribution in [3.63, 3.8) is 0 Å². The third-order valence-electron chi connectivity index (χ3n) is 3.33. The predicted molar refractivity (Wildman–Crippen MR) is 97.2 cm³/mol. The fourth-order valence-corrected chi connectivity index (χ4v) is 1.75. The predicted octanol–water partition coefficient (Wildman–Crippen LogP) is 4.77. The first-order chi connectivity index (χ1) is 11.6. The zero-order chi connectivity index (χ0) is 19.0. The van der Waals surface area contributed by atoms with E-state index in [2.05, 4.69) is 19.2 Å². The van der Waals surface area contributed by atoms with Crippen molar-refractivity contribution in [2.24, 2.45) is 5.92 Å². The Balaban J connectivity index is 2.96. The van der Waals surface area contributed by atoms with Crippen LogP contribution in [0.1, 0.15) is 54.4 Å². The first-order valence-electron chi connectivity index (χ1n) is 8.62. The monoisotopic (exact) mass is 351 g/mol. The number of carbonyl (C=O) groups excluding carboxylic acids is 2. The topological polar surface area (TPSA) is 73.9 Å². The lowest BCUT2D eigenvalue weighted by Gasteiger charge is -2.20. The van der Waals surface area contributed by atoms with Crippen LogP contribution in [0.2, 0.25) is 0 Å². The van der Waals surface area contributed by atoms with Crippen LogP contribution in [0.3, 0.4) is 0 Å². The van der Waals surface area contributed by atoms with Gasteiger partial charge in [0.2, 0.25) is 0 Å². The number of hydrogen-bond acceptors (Lipinski definition) is 5. The molecule has 0 aliphatic carbocycles. The highest BCUT2D eigenvalue weighted by Gasteiger charge is 2.19. The Morgan fingerprint density at radius 2 is 1.88 bits per heavy atom. The van der Waals surface area contributed by atoms with E-state index in [4.69, 9.17) is 14.2 Å². The quantitative estimate of drug-likeness (QED) is 0.565. The van der Waals surface area contributed by atoms with Crippen molar-refractivity contribution >= 4 is 17.7 Å². The second-order valence-electron chi connectivity index (χ2n) is 6.94. The van der Waals surface area contributed by atoms with Crippen LogP contribution in [-0.2, 0) is 9.53 Å². The molecule has 1 atom stereocenters. The van der Waals surface area contributed by atoms with Crippen molar-refractivity contribution in [2.45, 2.75) is 60.0 Å². The van der Waals surface area contributed by atoms with Gasteiger partial charge in [-0.15, -0.1) is 0 Å². The summed E-state index contributed by atoms with van der Waals surface area (Å²) in [5, 5.41) is 2.62. The second-order valence-corrected chi connectivity index (χ2v) is 6.94. The van der Waals surface area contributed by atoms with Crippen LogP contribution < -0.4 is 14.8 Å². The molecule has 0 saturated carbocycles. The fraction of sp³-hybridized carbons (Fsp3) is 0.579. The van der Waals surface area contributed by atoms with Crippen LogP contribution in [0.25, 0.3) is 0 Å². The highest BCUT2D eigenvalue weighted by atomic mass is 16.6. The van der Waals surface area contributed by atoms with E-state index in [-0.39, 0.29) is 18.1 Å². The summed E-state index contributed by atoms with van der Waals surface area (Å²) in [5.74, 6) is 0.872. The Labute approximate surface area is 149 Å². The summed E-state index contributed by atoms with van der Waals surface area (Å²) < 4.78 is 16.3. The number of anilines is 1. The number of esters is 1. The maximum atomic E-state index is 12.0. The van der Waals surface area contributed by atoms with E-state index in [9.17, 15) is 9.59 Å². The molecule has 0 heterocycles. The number of benzene rings is 1. The number of rotatable bonds is 7. The molecule has 6 heteroatoms. The van der Waals surface area contributed by atoms with Crippen LogP contribution in [-0.4, -0.2) is 24.3 Å². The molecule has 0 aromatic heterocycles. The van der Waals surface area contributed by atoms with Crippen molar-refractivity contribution in [3.05, 3.63) is 18.2 Å². The molecule has 0 saturated heterocycles. The van der Waals surface area contributed by atoms with Crippen molar-refractivity contribution < 1.29 is 23.8 Å². The van der Waals surface area contributed by atoms with Crippen LogP contribution in [0, 0.1) is 5.92 Å². The van der Waals surface area contributed by atoms with E-state index in [0.29, 0.717) is 24.0 Å². The molecular weight excluding hydrogens is 322 g/mol. The number of hydrogen-bond donors (Lipinski definition) is 1. The smallest absolute Gasteiger partial charge is 0.412 e. The molecule has 0 spiro atoms. The van der Waals surface area contributed by atoms with Gasteiger partial charge in [0, 0.05) is 12.5 Å². The minimum atomic E-state index is -0.630. The van der Waals surface area contributed by atoms with Crippen molar-refractivity contribution in [1.82, 2.24) is 0 Å². The molecular formula is C19H29NO5. The van der Waals surface area contributed by atoms with E-state index in [0.717, 1.165) is 6.42 Å². The van der Waals surface area contributed by atoms with Gasteiger partial charge in [0.05, 0.1) is 12.3 Å². The lowest BCUT2D eigenvalue weighted by molar-refractivity contribution is -0.133. The maximum Gasteiger partial charge on any atom is 0.412 e. The molecule has 140 valence electrons. The summed E-state index contributed by atoms with van der Waals surface area (Å²) in [6.45, 7) is 11.8. The summed E-state index contributed by atoms with van der Waals surface area (Å²) in [4.78, 5) is 23.6. The largest absolute Gasteiger partial charge is 0.493 e. The van der Waals surface area contributed by atoms with Gasteiger partial charge in [0.1, 0.15) is 11.4 Å². The normalized spacial score (nSPS) is 12.2. The lowest BCUT2D eigenvalue weighted by Crippen LogP contribution is -2.27. The van der Waals surface area contributed by atoms with Gasteiger partial charge in [0.25, 0.3) is 0 Å². The molecule has 0 aliphatic rings. The van der Waals surface area contributed by atoms with Gasteiger partial charge in [-0.3, -0.25) is 10.1 Å². The average Bonchev–Trinajstić information content (AvgIpc) is 2.52. The summed E-state index contributed by atoms with van der Waals surface area (Å²) in [7, 11) is 0. The van der Waals surface area contributed by atoms with Crippen LogP contribution in [0.15, 0.2) is 18.2 Å². The standard InChI is InChI=1S/C19H29NO5/c1-7-13(3)12-23-14-9-10-16(24-17(21)8-2)15(11-14)20-18(22)25-19(4,5)6/h9-11,13H,7-8,12H2,1-6H3,(H,20,22)/t13-/m0/s1. The Bertz CT molecular complexity index is 592. The van der Waals surface area contributed by atoms with Crippen LogP contribution in [0.5, 0.6) is 11.5 Å². The van der Waals surface area contributed by atoms with E-state index in [1.54, 1.807) is 45.9 Å². The Morgan fingerprint density at radius 3 is 2.44 bits per heavy atom. The molecule has 0 bridgehead atoms. The highest BCUT2D eigenvalue weighted by molar-refractivity contribution is 5.88. The van der Waals surface area contributed by atoms with E-state index in [1.165, 1.54) is 0 Å². The van der Waals surface area contributed by atoms with Gasteiger partial charge in [0.15, 0.2) is 5.75 Å². The molecule has 0 radical (unpaired) electrons. The Kier molecular flexibility index (Phi) is 7.74. The number of amides is 1. The number of ether oxygens (including phenoxy) is 3. The second kappa shape index (κ2) is 9.30. The summed E-state index contributed by atoms with van der Waals surface area (Å²) in [6, 6.07) is 4.94. The lowest BCUT2D eigenvalue weighted by atomic mass is 10.1. The van der Waals surface area contributed by atoms with Crippen molar-refractivity contribution in [1.29, 1.82) is 0 Å². The zero-order valence-electron chi connectivity index (χ0n) is 16.0. The molecule has 1 amide bonds. The first kappa shape index (κ1) is 20.8. The average molecular weight is 351 g/mol. The molecule has 0 aliphatic heterocycles. The van der Waals surface area contributed by atoms with E-state index in [1.807, 2.05) is 0 Å². The van der Waals surface area contributed by atoms with Crippen molar-refractivity contribution in [3.8, 4) is 11.5 Å². The third-order valence-corrected chi connectivity index (χ3v) is 3.33. The van der Waals surface area contributed by atoms with Gasteiger partial charge in [-0.2, -0.15) is 0 Å². The van der Waals surface area contributed by atoms with Gasteiger partial charge in [-0.1, -0.05) is 27.2 Å². The van der Waals surface area contributed by atoms with E-state index < -0.39 is 11.7 Å². The highest BCUT2D eigenvalue weighted by Crippen LogP contribution is 2.30. The number of carbonyl (C=O) groups is 2. The molecule has 6 nitrogen and oxygen atoms in total. The zero-order valence-corrected chi connectivity index (χ0v) is 16.0. The molecule has 1 aromatic rings. The van der Waals surface area contributed by atoms with Gasteiger partial charge in [-0.05, 0) is 38.8 Å². The minimum Gasteiger partial charge on any atom is -0.493 e. The van der Waals surface area contributed by atoms with Crippen LogP contribution in [0.4, 0.5) is 10.5 Å². The molecule has 1 aromatic carbocycles. The first-order valence-corrected chi connectivity index (χ1v) is 8.62. The Morgan fingerprint density at radius 1 is 1.20 bits per heavy atom. The molecule has 1 rings (SSSR count). The SMILES string of the molecule is CCC(=O)Oc1ccc(OC[C@@H](C)CC)cc1NC(=O)OC(C)(C)C. The van der Waals surface area contributed by atoms with Crippen LogP contribution >= 0.6 is 0 Å². The minimum absolute atomic E-state index is 0.234. The fourth-order valence-electron chi connectivity index (χ4n) is 1.75. The Hall–Kier alpha value is -2.24. The molecule has 25 heavy (non-hydrogen) atoms. The third kappa shape index (κ3) is 7.92. The van der Waals surface area contributed by atoms with Gasteiger partial charge < -0.3 is 14.2 Å². The van der Waals surface area contributed by atoms with E-state index >= 15 is 0 Å². The summed E-state index contributed by atoms with van der Waals surface area (Å²) in [5.41, 5.74) is -0.299. The van der Waals surface area contributed by atoms with Crippen molar-refractivity contribution in [2.75, 3.05) is 11.9 Å². The summed E-state index contributed by atoms with van der Waals surface area (Å²) in [6.07, 6.45) is 0.619.